The van der Waals surface area contributed by atoms with Gasteiger partial charge >= 0.3 is 0 Å². The molecule has 0 aliphatic carbocycles. The summed E-state index contributed by atoms with van der Waals surface area (Å²) in [7, 11) is 1.46. The van der Waals surface area contributed by atoms with Crippen molar-refractivity contribution in [2.45, 2.75) is 25.7 Å². The highest BCUT2D eigenvalue weighted by Gasteiger charge is 2.10. The molecule has 0 N–H and O–H groups in total. The number of rotatable bonds is 8. The maximum Gasteiger partial charge on any atom is 0.172 e. The predicted molar refractivity (Wildman–Crippen MR) is 104 cm³/mol. The maximum atomic E-state index is 14.4. The van der Waals surface area contributed by atoms with Crippen LogP contribution in [0.1, 0.15) is 24.0 Å². The highest BCUT2D eigenvalue weighted by molar-refractivity contribution is 5.80. The molecule has 0 bridgehead atoms. The lowest BCUT2D eigenvalue weighted by molar-refractivity contribution is -0.118. The van der Waals surface area contributed by atoms with E-state index in [4.69, 9.17) is 4.74 Å². The number of hydrogen-bond acceptors (Lipinski definition) is 3. The van der Waals surface area contributed by atoms with E-state index in [1.54, 1.807) is 30.6 Å². The number of carbonyl (C=O) groups is 1. The van der Waals surface area contributed by atoms with Crippen LogP contribution in [-0.4, -0.2) is 17.9 Å². The third-order valence-corrected chi connectivity index (χ3v) is 4.49. The van der Waals surface area contributed by atoms with Gasteiger partial charge in [0, 0.05) is 30.8 Å². The van der Waals surface area contributed by atoms with Crippen molar-refractivity contribution in [2.24, 2.45) is 0 Å². The molecular formula is C23H22FNO2. The van der Waals surface area contributed by atoms with Crippen LogP contribution in [0.25, 0.3) is 11.1 Å². The quantitative estimate of drug-likeness (QED) is 0.563. The number of halogens is 1. The van der Waals surface area contributed by atoms with Gasteiger partial charge in [-0.2, -0.15) is 0 Å². The van der Waals surface area contributed by atoms with Crippen LogP contribution in [0.3, 0.4) is 0 Å². The third-order valence-electron chi connectivity index (χ3n) is 4.49. The number of methoxy groups -OCH3 is 1. The van der Waals surface area contributed by atoms with Gasteiger partial charge in [0.1, 0.15) is 5.78 Å². The minimum absolute atomic E-state index is 0.220. The molecule has 0 fully saturated rings. The minimum atomic E-state index is -0.353. The van der Waals surface area contributed by atoms with E-state index in [2.05, 4.69) is 4.98 Å². The van der Waals surface area contributed by atoms with Gasteiger partial charge in [-0.3, -0.25) is 9.78 Å². The number of ketones is 1. The number of hydrogen-bond donors (Lipinski definition) is 0. The van der Waals surface area contributed by atoms with Crippen LogP contribution < -0.4 is 4.74 Å². The van der Waals surface area contributed by atoms with Crippen LogP contribution in [0.15, 0.2) is 67.0 Å². The van der Waals surface area contributed by atoms with Gasteiger partial charge in [0.05, 0.1) is 7.11 Å². The maximum absolute atomic E-state index is 14.4. The van der Waals surface area contributed by atoms with Crippen molar-refractivity contribution < 1.29 is 13.9 Å². The number of pyridine rings is 1. The molecule has 0 radical (unpaired) electrons. The highest BCUT2D eigenvalue weighted by Crippen LogP contribution is 2.29. The molecule has 27 heavy (non-hydrogen) atoms. The molecule has 0 amide bonds. The van der Waals surface area contributed by atoms with E-state index in [0.717, 1.165) is 29.5 Å². The molecule has 0 saturated carbocycles. The summed E-state index contributed by atoms with van der Waals surface area (Å²) in [5.74, 6) is 0.107. The summed E-state index contributed by atoms with van der Waals surface area (Å²) in [5.41, 5.74) is 3.42. The Labute approximate surface area is 158 Å². The Bertz CT molecular complexity index is 892. The summed E-state index contributed by atoms with van der Waals surface area (Å²) in [5, 5.41) is 0. The molecule has 1 heterocycles. The van der Waals surface area contributed by atoms with Crippen molar-refractivity contribution >= 4 is 5.78 Å². The van der Waals surface area contributed by atoms with Crippen molar-refractivity contribution in [2.75, 3.05) is 7.11 Å². The Hall–Kier alpha value is -3.01. The first-order valence-electron chi connectivity index (χ1n) is 9.00. The fraction of sp³-hybridized carbons (Fsp3) is 0.217. The Morgan fingerprint density at radius 2 is 1.85 bits per heavy atom. The monoisotopic (exact) mass is 363 g/mol. The number of carbonyl (C=O) groups excluding carboxylic acids is 1. The van der Waals surface area contributed by atoms with Crippen molar-refractivity contribution in [3.05, 3.63) is 83.9 Å². The van der Waals surface area contributed by atoms with Gasteiger partial charge in [-0.05, 0) is 41.7 Å². The highest BCUT2D eigenvalue weighted by atomic mass is 19.1. The van der Waals surface area contributed by atoms with E-state index in [1.807, 2.05) is 36.4 Å². The second kappa shape index (κ2) is 9.08. The van der Waals surface area contributed by atoms with Crippen molar-refractivity contribution in [1.29, 1.82) is 0 Å². The summed E-state index contributed by atoms with van der Waals surface area (Å²) in [6, 6.07) is 16.7. The van der Waals surface area contributed by atoms with Crippen molar-refractivity contribution in [3.8, 4) is 16.9 Å². The molecule has 3 nitrogen and oxygen atoms in total. The van der Waals surface area contributed by atoms with E-state index in [1.165, 1.54) is 7.11 Å². The van der Waals surface area contributed by atoms with E-state index < -0.39 is 0 Å². The van der Waals surface area contributed by atoms with Crippen LogP contribution >= 0.6 is 0 Å². The van der Waals surface area contributed by atoms with Crippen molar-refractivity contribution in [3.63, 3.8) is 0 Å². The molecule has 2 aromatic carbocycles. The molecule has 3 rings (SSSR count). The first-order chi connectivity index (χ1) is 13.2. The van der Waals surface area contributed by atoms with Crippen LogP contribution in [-0.2, 0) is 17.6 Å². The van der Waals surface area contributed by atoms with Gasteiger partial charge in [-0.15, -0.1) is 0 Å². The summed E-state index contributed by atoms with van der Waals surface area (Å²) < 4.78 is 19.4. The lowest BCUT2D eigenvalue weighted by Crippen LogP contribution is -2.03. The van der Waals surface area contributed by atoms with Gasteiger partial charge in [-0.1, -0.05) is 42.5 Å². The molecule has 0 saturated heterocycles. The first-order valence-corrected chi connectivity index (χ1v) is 9.00. The normalized spacial score (nSPS) is 10.6. The average Bonchev–Trinajstić information content (AvgIpc) is 2.69. The number of nitrogens with zero attached hydrogens (tertiary/aromatic N) is 1. The molecule has 0 aliphatic heterocycles. The molecule has 0 spiro atoms. The van der Waals surface area contributed by atoms with Gasteiger partial charge in [-0.25, -0.2) is 4.39 Å². The summed E-state index contributed by atoms with van der Waals surface area (Å²) >= 11 is 0. The standard InChI is InChI=1S/C23H22FNO2/c1-27-22-9-3-8-21(23(22)24)19-12-10-17(11-13-19)5-2-7-20(26)15-18-6-4-14-25-16-18/h3-4,6,8-14,16H,2,5,7,15H2,1H3. The van der Waals surface area contributed by atoms with Crippen LogP contribution in [0.2, 0.25) is 0 Å². The SMILES string of the molecule is COc1cccc(-c2ccc(CCCC(=O)Cc3cccnc3)cc2)c1F. The molecule has 0 aliphatic rings. The summed E-state index contributed by atoms with van der Waals surface area (Å²) in [6.45, 7) is 0. The van der Waals surface area contributed by atoms with E-state index in [9.17, 15) is 9.18 Å². The van der Waals surface area contributed by atoms with Crippen LogP contribution in [0.4, 0.5) is 4.39 Å². The van der Waals surface area contributed by atoms with Crippen LogP contribution in [0, 0.1) is 5.82 Å². The first kappa shape index (κ1) is 18.8. The molecule has 4 heteroatoms. The van der Waals surface area contributed by atoms with Gasteiger partial charge < -0.3 is 4.74 Å². The zero-order valence-corrected chi connectivity index (χ0v) is 15.3. The van der Waals surface area contributed by atoms with E-state index >= 15 is 0 Å². The number of Topliss-reactive ketones (excluding diaryl/α,β-unsaturated/α-hetero) is 1. The summed E-state index contributed by atoms with van der Waals surface area (Å²) in [4.78, 5) is 16.1. The smallest absolute Gasteiger partial charge is 0.172 e. The largest absolute Gasteiger partial charge is 0.494 e. The van der Waals surface area contributed by atoms with Gasteiger partial charge in [0.2, 0.25) is 0 Å². The van der Waals surface area contributed by atoms with E-state index in [-0.39, 0.29) is 17.3 Å². The van der Waals surface area contributed by atoms with E-state index in [0.29, 0.717) is 18.4 Å². The summed E-state index contributed by atoms with van der Waals surface area (Å²) in [6.07, 6.45) is 6.03. The Morgan fingerprint density at radius 1 is 1.04 bits per heavy atom. The Kier molecular flexibility index (Phi) is 6.31. The van der Waals surface area contributed by atoms with Crippen molar-refractivity contribution in [1.82, 2.24) is 4.98 Å². The van der Waals surface area contributed by atoms with Crippen LogP contribution in [0.5, 0.6) is 5.75 Å². The molecule has 1 aromatic heterocycles. The Morgan fingerprint density at radius 3 is 2.56 bits per heavy atom. The van der Waals surface area contributed by atoms with Gasteiger partial charge in [0.15, 0.2) is 11.6 Å². The average molecular weight is 363 g/mol. The zero-order valence-electron chi connectivity index (χ0n) is 15.3. The number of aryl methyl sites for hydroxylation is 1. The topological polar surface area (TPSA) is 39.2 Å². The molecule has 138 valence electrons. The Balaban J connectivity index is 1.54. The molecule has 0 atom stereocenters. The predicted octanol–water partition coefficient (Wildman–Crippen LogP) is 5.03. The third kappa shape index (κ3) is 5.00. The fourth-order valence-electron chi connectivity index (χ4n) is 3.05. The second-order valence-corrected chi connectivity index (χ2v) is 6.45. The molecular weight excluding hydrogens is 341 g/mol. The minimum Gasteiger partial charge on any atom is -0.494 e. The number of aromatic nitrogens is 1. The lowest BCUT2D eigenvalue weighted by atomic mass is 9.99. The number of benzene rings is 2. The fourth-order valence-corrected chi connectivity index (χ4v) is 3.05. The molecule has 3 aromatic rings. The van der Waals surface area contributed by atoms with Gasteiger partial charge in [0.25, 0.3) is 0 Å². The lowest BCUT2D eigenvalue weighted by Gasteiger charge is -2.08. The molecule has 0 unspecified atom stereocenters. The zero-order chi connectivity index (χ0) is 19.1. The second-order valence-electron chi connectivity index (χ2n) is 6.45. The number of ether oxygens (including phenoxy) is 1.